The third-order valence-electron chi connectivity index (χ3n) is 6.04. The van der Waals surface area contributed by atoms with Crippen molar-refractivity contribution in [3.63, 3.8) is 0 Å². The summed E-state index contributed by atoms with van der Waals surface area (Å²) in [5.41, 5.74) is -0.873. The molecule has 0 aromatic heterocycles. The molecule has 2 aromatic rings. The Labute approximate surface area is 237 Å². The number of nitro benzene ring substituents is 1. The second-order valence-corrected chi connectivity index (χ2v) is 11.9. The van der Waals surface area contributed by atoms with E-state index in [2.05, 4.69) is 0 Å². The summed E-state index contributed by atoms with van der Waals surface area (Å²) >= 11 is 0. The molecule has 1 N–H and O–H groups in total. The molecule has 3 rings (SSSR count). The van der Waals surface area contributed by atoms with Crippen molar-refractivity contribution in [2.75, 3.05) is 19.7 Å². The summed E-state index contributed by atoms with van der Waals surface area (Å²) in [5, 5.41) is 33.0. The smallest absolute Gasteiger partial charge is 0.410 e. The molecule has 0 fully saturated rings. The number of aliphatic hydroxyl groups excluding tert-OH is 1. The summed E-state index contributed by atoms with van der Waals surface area (Å²) in [5.74, 6) is 0. The zero-order valence-corrected chi connectivity index (χ0v) is 23.6. The number of nitrogens with zero attached hydrogens (tertiary/aromatic N) is 4. The summed E-state index contributed by atoms with van der Waals surface area (Å²) in [6.45, 7) is 3.04. The number of amides is 1. The van der Waals surface area contributed by atoms with Crippen molar-refractivity contribution in [3.05, 3.63) is 92.0 Å². The lowest BCUT2D eigenvalue weighted by atomic mass is 9.96. The largest absolute Gasteiger partial charge is 0.444 e. The molecule has 0 spiro atoms. The van der Waals surface area contributed by atoms with Gasteiger partial charge < -0.3 is 9.84 Å². The molecule has 1 aliphatic rings. The predicted octanol–water partition coefficient (Wildman–Crippen LogP) is 3.29. The highest BCUT2D eigenvalue weighted by atomic mass is 32.2. The molecule has 1 heterocycles. The first-order chi connectivity index (χ1) is 19.2. The molecule has 2 aromatic carbocycles. The van der Waals surface area contributed by atoms with Gasteiger partial charge in [-0.25, -0.2) is 13.2 Å². The second-order valence-electron chi connectivity index (χ2n) is 10.2. The minimum absolute atomic E-state index is 0.191. The molecular formula is C26H32N4O10S. The quantitative estimate of drug-likeness (QED) is 0.231. The predicted molar refractivity (Wildman–Crippen MR) is 146 cm³/mol. The number of hydrogen-bond donors (Lipinski definition) is 1. The van der Waals surface area contributed by atoms with Gasteiger partial charge in [0.05, 0.1) is 30.2 Å². The van der Waals surface area contributed by atoms with Crippen LogP contribution in [0.15, 0.2) is 71.1 Å². The van der Waals surface area contributed by atoms with E-state index in [-0.39, 0.29) is 18.6 Å². The van der Waals surface area contributed by atoms with E-state index in [4.69, 9.17) is 9.57 Å². The van der Waals surface area contributed by atoms with Gasteiger partial charge in [-0.1, -0.05) is 53.0 Å². The van der Waals surface area contributed by atoms with E-state index in [1.807, 2.05) is 0 Å². The molecule has 41 heavy (non-hydrogen) atoms. The molecule has 15 heteroatoms. The number of sulfonamides is 1. The van der Waals surface area contributed by atoms with Crippen molar-refractivity contribution in [1.82, 2.24) is 9.37 Å². The van der Waals surface area contributed by atoms with E-state index < -0.39 is 73.9 Å². The van der Waals surface area contributed by atoms with Crippen molar-refractivity contribution in [2.45, 2.75) is 56.4 Å². The summed E-state index contributed by atoms with van der Waals surface area (Å²) in [7, 11) is -4.81. The molecule has 1 amide bonds. The molecule has 0 saturated carbocycles. The van der Waals surface area contributed by atoms with Gasteiger partial charge in [0.25, 0.3) is 15.7 Å². The van der Waals surface area contributed by atoms with E-state index >= 15 is 0 Å². The first kappa shape index (κ1) is 31.6. The van der Waals surface area contributed by atoms with Crippen molar-refractivity contribution >= 4 is 21.8 Å². The monoisotopic (exact) mass is 592 g/mol. The van der Waals surface area contributed by atoms with Crippen LogP contribution in [0.4, 0.5) is 10.5 Å². The molecule has 2 atom stereocenters. The Balaban J connectivity index is 2.16. The highest BCUT2D eigenvalue weighted by Crippen LogP contribution is 2.33. The lowest BCUT2D eigenvalue weighted by Crippen LogP contribution is -2.56. The van der Waals surface area contributed by atoms with Gasteiger partial charge >= 0.3 is 6.09 Å². The minimum atomic E-state index is -4.81. The van der Waals surface area contributed by atoms with Crippen molar-refractivity contribution < 1.29 is 37.7 Å². The number of ether oxygens (including phenoxy) is 1. The van der Waals surface area contributed by atoms with E-state index in [1.54, 1.807) is 51.1 Å². The fourth-order valence-electron chi connectivity index (χ4n) is 4.20. The van der Waals surface area contributed by atoms with Gasteiger partial charge in [0.15, 0.2) is 4.90 Å². The second kappa shape index (κ2) is 13.2. The standard InChI is InChI=1S/C26H32N4O10S/c1-26(2,3)40-25(32)27-16-23(20(13-14-28(33)34)15-21(27)17-31)30(39-18-19-9-5-4-6-10-19)41(37,38)24-12-8-7-11-22(24)29(35)36/h4-12,15,21,23,31H,13-14,16-18H2,1-3H3/t21-,23?/m0/s1. The van der Waals surface area contributed by atoms with E-state index in [0.717, 1.165) is 17.0 Å². The SMILES string of the molecule is CC(C)(C)OC(=O)N1CC(N(OCc2ccccc2)S(=O)(=O)c2ccccc2[N+](=O)[O-])C(CC[N+](=O)[O-])=C[C@H]1CO. The fourth-order valence-corrected chi connectivity index (χ4v) is 5.78. The Hall–Kier alpha value is -3.92. The molecule has 14 nitrogen and oxygen atoms in total. The van der Waals surface area contributed by atoms with Gasteiger partial charge in [0, 0.05) is 24.0 Å². The van der Waals surface area contributed by atoms with Crippen LogP contribution in [0.1, 0.15) is 32.8 Å². The highest BCUT2D eigenvalue weighted by molar-refractivity contribution is 7.89. The van der Waals surface area contributed by atoms with Gasteiger partial charge in [-0.05, 0) is 38.0 Å². The number of nitro groups is 2. The van der Waals surface area contributed by atoms with E-state index in [9.17, 15) is 38.5 Å². The van der Waals surface area contributed by atoms with Crippen LogP contribution in [-0.4, -0.2) is 76.2 Å². The highest BCUT2D eigenvalue weighted by Gasteiger charge is 2.44. The number of para-hydroxylation sites is 1. The van der Waals surface area contributed by atoms with Crippen LogP contribution in [0.25, 0.3) is 0 Å². The number of hydroxylamine groups is 1. The topological polar surface area (TPSA) is 183 Å². The lowest BCUT2D eigenvalue weighted by Gasteiger charge is -2.41. The summed E-state index contributed by atoms with van der Waals surface area (Å²) < 4.78 is 34.2. The van der Waals surface area contributed by atoms with Gasteiger partial charge in [0.2, 0.25) is 6.54 Å². The molecular weight excluding hydrogens is 560 g/mol. The third-order valence-corrected chi connectivity index (χ3v) is 7.77. The zero-order chi connectivity index (χ0) is 30.4. The maximum atomic E-state index is 14.1. The van der Waals surface area contributed by atoms with Crippen LogP contribution < -0.4 is 0 Å². The van der Waals surface area contributed by atoms with Crippen LogP contribution in [0.5, 0.6) is 0 Å². The van der Waals surface area contributed by atoms with Crippen molar-refractivity contribution in [2.24, 2.45) is 0 Å². The normalized spacial score (nSPS) is 17.7. The molecule has 0 radical (unpaired) electrons. The van der Waals surface area contributed by atoms with Crippen molar-refractivity contribution in [3.8, 4) is 0 Å². The van der Waals surface area contributed by atoms with Gasteiger partial charge in [-0.15, -0.1) is 0 Å². The fraction of sp³-hybridized carbons (Fsp3) is 0.423. The lowest BCUT2D eigenvalue weighted by molar-refractivity contribution is -0.479. The number of aliphatic hydroxyl groups is 1. The van der Waals surface area contributed by atoms with Crippen LogP contribution in [0.3, 0.4) is 0 Å². The Morgan fingerprint density at radius 2 is 1.73 bits per heavy atom. The molecule has 1 unspecified atom stereocenters. The van der Waals surface area contributed by atoms with Crippen LogP contribution in [-0.2, 0) is 26.2 Å². The summed E-state index contributed by atoms with van der Waals surface area (Å²) in [6.07, 6.45) is 0.265. The number of carbonyl (C=O) groups excluding carboxylic acids is 1. The van der Waals surface area contributed by atoms with Gasteiger partial charge in [-0.3, -0.25) is 30.0 Å². The average Bonchev–Trinajstić information content (AvgIpc) is 2.91. The third kappa shape index (κ3) is 8.07. The Morgan fingerprint density at radius 1 is 1.10 bits per heavy atom. The number of carbonyl (C=O) groups is 1. The minimum Gasteiger partial charge on any atom is -0.444 e. The van der Waals surface area contributed by atoms with Crippen LogP contribution >= 0.6 is 0 Å². The average molecular weight is 593 g/mol. The summed E-state index contributed by atoms with van der Waals surface area (Å²) in [6, 6.07) is 10.9. The number of benzene rings is 2. The van der Waals surface area contributed by atoms with E-state index in [1.165, 1.54) is 18.2 Å². The van der Waals surface area contributed by atoms with Crippen molar-refractivity contribution in [1.29, 1.82) is 0 Å². The summed E-state index contributed by atoms with van der Waals surface area (Å²) in [4.78, 5) is 40.9. The number of rotatable bonds is 11. The molecule has 0 saturated heterocycles. The Bertz CT molecular complexity index is 1390. The number of hydrogen-bond acceptors (Lipinski definition) is 10. The van der Waals surface area contributed by atoms with Gasteiger partial charge in [-0.2, -0.15) is 0 Å². The Kier molecular flexibility index (Phi) is 10.1. The molecule has 1 aliphatic heterocycles. The van der Waals surface area contributed by atoms with E-state index in [0.29, 0.717) is 10.0 Å². The first-order valence-corrected chi connectivity index (χ1v) is 14.1. The zero-order valence-electron chi connectivity index (χ0n) is 22.8. The maximum absolute atomic E-state index is 14.1. The Morgan fingerprint density at radius 3 is 2.32 bits per heavy atom. The van der Waals surface area contributed by atoms with Crippen LogP contribution in [0, 0.1) is 20.2 Å². The molecule has 0 aliphatic carbocycles. The van der Waals surface area contributed by atoms with Crippen LogP contribution in [0.2, 0.25) is 0 Å². The molecule has 0 bridgehead atoms. The first-order valence-electron chi connectivity index (χ1n) is 12.6. The van der Waals surface area contributed by atoms with Gasteiger partial charge in [0.1, 0.15) is 5.60 Å². The molecule has 222 valence electrons. The maximum Gasteiger partial charge on any atom is 0.410 e.